The summed E-state index contributed by atoms with van der Waals surface area (Å²) in [5, 5.41) is 15.4. The molecule has 0 saturated heterocycles. The number of aliphatic imine (C=N–C) groups is 1. The van der Waals surface area contributed by atoms with Crippen molar-refractivity contribution in [2.75, 3.05) is 27.7 Å². The molecule has 9 nitrogen and oxygen atoms in total. The Labute approximate surface area is 184 Å². The highest BCUT2D eigenvalue weighted by atomic mass is 35.5. The Morgan fingerprint density at radius 3 is 2.55 bits per heavy atom. The van der Waals surface area contributed by atoms with Crippen LogP contribution in [0.5, 0.6) is 0 Å². The summed E-state index contributed by atoms with van der Waals surface area (Å²) in [6.45, 7) is 3.27. The Hall–Kier alpha value is -3.14. The van der Waals surface area contributed by atoms with Gasteiger partial charge in [0.05, 0.1) is 17.1 Å². The highest BCUT2D eigenvalue weighted by Crippen LogP contribution is 2.20. The summed E-state index contributed by atoms with van der Waals surface area (Å²) in [5.41, 5.74) is -0.775. The van der Waals surface area contributed by atoms with Crippen molar-refractivity contribution in [1.82, 2.24) is 20.4 Å². The molecule has 11 heteroatoms. The molecule has 31 heavy (non-hydrogen) atoms. The van der Waals surface area contributed by atoms with Crippen LogP contribution in [0, 0.1) is 5.82 Å². The van der Waals surface area contributed by atoms with Gasteiger partial charge in [0.1, 0.15) is 17.4 Å². The van der Waals surface area contributed by atoms with Gasteiger partial charge in [-0.3, -0.25) is 14.4 Å². The third-order valence-electron chi connectivity index (χ3n) is 4.48. The number of nitrogens with one attached hydrogen (secondary N) is 2. The Balaban J connectivity index is 2.20. The van der Waals surface area contributed by atoms with Gasteiger partial charge in [0.25, 0.3) is 5.91 Å². The van der Waals surface area contributed by atoms with E-state index in [-0.39, 0.29) is 35.4 Å². The Bertz CT molecular complexity index is 974. The number of aliphatic hydroxyl groups is 1. The van der Waals surface area contributed by atoms with Crippen LogP contribution in [0.15, 0.2) is 34.6 Å². The molecule has 1 aliphatic rings. The quantitative estimate of drug-likeness (QED) is 0.579. The zero-order chi connectivity index (χ0) is 23.5. The van der Waals surface area contributed by atoms with E-state index in [0.29, 0.717) is 5.56 Å². The number of amidine groups is 1. The van der Waals surface area contributed by atoms with Gasteiger partial charge in [-0.1, -0.05) is 17.7 Å². The van der Waals surface area contributed by atoms with E-state index in [0.717, 1.165) is 4.90 Å². The molecule has 0 bridgehead atoms. The molecule has 1 aliphatic heterocycles. The smallest absolute Gasteiger partial charge is 0.311 e. The van der Waals surface area contributed by atoms with Gasteiger partial charge >= 0.3 is 11.8 Å². The molecule has 0 spiro atoms. The fourth-order valence-electron chi connectivity index (χ4n) is 2.94. The summed E-state index contributed by atoms with van der Waals surface area (Å²) < 4.78 is 13.3. The minimum atomic E-state index is -1.12. The molecular weight excluding hydrogens is 429 g/mol. The van der Waals surface area contributed by atoms with Crippen molar-refractivity contribution in [2.45, 2.75) is 25.9 Å². The van der Waals surface area contributed by atoms with Gasteiger partial charge in [0, 0.05) is 27.7 Å². The molecule has 0 aromatic heterocycles. The first-order valence-corrected chi connectivity index (χ1v) is 9.69. The summed E-state index contributed by atoms with van der Waals surface area (Å²) in [4.78, 5) is 43.7. The lowest BCUT2D eigenvalue weighted by molar-refractivity contribution is -0.144. The molecule has 168 valence electrons. The van der Waals surface area contributed by atoms with Crippen LogP contribution >= 0.6 is 11.6 Å². The van der Waals surface area contributed by atoms with Crippen LogP contribution in [0.25, 0.3) is 0 Å². The lowest BCUT2D eigenvalue weighted by atomic mass is 10.0. The number of likely N-dealkylation sites (N-methyl/N-ethyl adjacent to an activating group) is 2. The average Bonchev–Trinajstić information content (AvgIpc) is 2.67. The molecule has 1 aromatic carbocycles. The minimum absolute atomic E-state index is 0.0229. The maximum Gasteiger partial charge on any atom is 0.311 e. The molecule has 0 atom stereocenters. The van der Waals surface area contributed by atoms with Crippen LogP contribution in [0.2, 0.25) is 5.02 Å². The zero-order valence-electron chi connectivity index (χ0n) is 17.9. The van der Waals surface area contributed by atoms with Crippen LogP contribution in [-0.2, 0) is 20.9 Å². The second kappa shape index (κ2) is 9.34. The SMILES string of the molecule is CN(C)C(=O)C(=O)NC(C)(C)C1=NC(C(=O)NCc2ccc(F)c(Cl)c2)=C(O)CN1C. The van der Waals surface area contributed by atoms with E-state index in [2.05, 4.69) is 15.6 Å². The molecule has 3 amide bonds. The number of carbonyl (C=O) groups is 3. The minimum Gasteiger partial charge on any atom is -0.508 e. The number of hydrogen-bond donors (Lipinski definition) is 3. The van der Waals surface area contributed by atoms with Crippen LogP contribution in [-0.4, -0.2) is 71.7 Å². The molecule has 2 rings (SSSR count). The molecule has 0 aliphatic carbocycles. The van der Waals surface area contributed by atoms with Gasteiger partial charge in [-0.2, -0.15) is 0 Å². The predicted octanol–water partition coefficient (Wildman–Crippen LogP) is 1.19. The Kier molecular flexibility index (Phi) is 7.27. The maximum atomic E-state index is 13.3. The summed E-state index contributed by atoms with van der Waals surface area (Å²) in [7, 11) is 4.54. The van der Waals surface area contributed by atoms with Crippen LogP contribution in [0.4, 0.5) is 4.39 Å². The number of halogens is 2. The zero-order valence-corrected chi connectivity index (χ0v) is 18.7. The van der Waals surface area contributed by atoms with Crippen molar-refractivity contribution in [3.63, 3.8) is 0 Å². The monoisotopic (exact) mass is 453 g/mol. The Morgan fingerprint density at radius 2 is 1.97 bits per heavy atom. The number of carbonyl (C=O) groups excluding carboxylic acids is 3. The molecule has 0 saturated carbocycles. The normalized spacial score (nSPS) is 14.2. The summed E-state index contributed by atoms with van der Waals surface area (Å²) in [5.74, 6) is -2.77. The van der Waals surface area contributed by atoms with Gasteiger partial charge < -0.3 is 25.5 Å². The molecule has 0 fully saturated rings. The van der Waals surface area contributed by atoms with Gasteiger partial charge in [0.2, 0.25) is 0 Å². The molecule has 0 unspecified atom stereocenters. The number of aliphatic hydroxyl groups excluding tert-OH is 1. The molecule has 1 heterocycles. The standard InChI is InChI=1S/C20H25ClFN5O4/c1-20(2,25-17(30)18(31)26(3)4)19-24-15(14(28)10-27(19)5)16(29)23-9-11-6-7-13(22)12(21)8-11/h6-8,28H,9-10H2,1-5H3,(H,23,29)(H,25,30). The van der Waals surface area contributed by atoms with Crippen molar-refractivity contribution in [1.29, 1.82) is 0 Å². The van der Waals surface area contributed by atoms with Crippen molar-refractivity contribution < 1.29 is 23.9 Å². The van der Waals surface area contributed by atoms with E-state index in [1.165, 1.54) is 32.3 Å². The van der Waals surface area contributed by atoms with Crippen LogP contribution in [0.3, 0.4) is 0 Å². The summed E-state index contributed by atoms with van der Waals surface area (Å²) in [6, 6.07) is 4.04. The molecular formula is C20H25ClFN5O4. The third kappa shape index (κ3) is 5.72. The van der Waals surface area contributed by atoms with E-state index < -0.39 is 29.1 Å². The highest BCUT2D eigenvalue weighted by Gasteiger charge is 2.36. The van der Waals surface area contributed by atoms with Crippen molar-refractivity contribution in [3.8, 4) is 0 Å². The average molecular weight is 454 g/mol. The van der Waals surface area contributed by atoms with Crippen LogP contribution in [0.1, 0.15) is 19.4 Å². The largest absolute Gasteiger partial charge is 0.508 e. The first-order chi connectivity index (χ1) is 14.3. The Morgan fingerprint density at radius 1 is 1.32 bits per heavy atom. The van der Waals surface area contributed by atoms with E-state index in [4.69, 9.17) is 11.6 Å². The number of hydrogen-bond acceptors (Lipinski definition) is 6. The van der Waals surface area contributed by atoms with Gasteiger partial charge in [-0.15, -0.1) is 0 Å². The van der Waals surface area contributed by atoms with Gasteiger partial charge in [-0.25, -0.2) is 9.38 Å². The highest BCUT2D eigenvalue weighted by molar-refractivity contribution is 6.35. The lowest BCUT2D eigenvalue weighted by Gasteiger charge is -2.36. The van der Waals surface area contributed by atoms with E-state index in [1.807, 2.05) is 0 Å². The summed E-state index contributed by atoms with van der Waals surface area (Å²) in [6.07, 6.45) is 0. The van der Waals surface area contributed by atoms with Gasteiger partial charge in [-0.05, 0) is 31.5 Å². The van der Waals surface area contributed by atoms with Crippen molar-refractivity contribution >= 4 is 35.2 Å². The molecule has 0 radical (unpaired) electrons. The number of rotatable bonds is 5. The predicted molar refractivity (Wildman–Crippen MR) is 114 cm³/mol. The fourth-order valence-corrected chi connectivity index (χ4v) is 3.14. The second-order valence-electron chi connectivity index (χ2n) is 7.80. The lowest BCUT2D eigenvalue weighted by Crippen LogP contribution is -2.58. The topological polar surface area (TPSA) is 114 Å². The van der Waals surface area contributed by atoms with Gasteiger partial charge in [0.15, 0.2) is 5.70 Å². The number of nitrogens with zero attached hydrogens (tertiary/aromatic N) is 3. The number of benzene rings is 1. The van der Waals surface area contributed by atoms with Crippen LogP contribution < -0.4 is 10.6 Å². The van der Waals surface area contributed by atoms with Crippen molar-refractivity contribution in [3.05, 3.63) is 46.1 Å². The summed E-state index contributed by atoms with van der Waals surface area (Å²) >= 11 is 5.74. The molecule has 3 N–H and O–H groups in total. The van der Waals surface area contributed by atoms with E-state index >= 15 is 0 Å². The maximum absolute atomic E-state index is 13.3. The first kappa shape index (κ1) is 24.1. The third-order valence-corrected chi connectivity index (χ3v) is 4.77. The van der Waals surface area contributed by atoms with E-state index in [9.17, 15) is 23.9 Å². The number of amides is 3. The fraction of sp³-hybridized carbons (Fsp3) is 0.400. The second-order valence-corrected chi connectivity index (χ2v) is 8.20. The van der Waals surface area contributed by atoms with Crippen molar-refractivity contribution in [2.24, 2.45) is 4.99 Å². The van der Waals surface area contributed by atoms with E-state index in [1.54, 1.807) is 25.8 Å². The molecule has 1 aromatic rings. The first-order valence-electron chi connectivity index (χ1n) is 9.31.